The molecule has 0 fully saturated rings. The zero-order valence-corrected chi connectivity index (χ0v) is 13.4. The minimum atomic E-state index is -0.340. The Balaban J connectivity index is 1.92. The molecule has 1 unspecified atom stereocenters. The van der Waals surface area contributed by atoms with Gasteiger partial charge in [0.05, 0.1) is 23.1 Å². The number of fused-ring (bicyclic) bond motifs is 2. The Kier molecular flexibility index (Phi) is 3.59. The predicted octanol–water partition coefficient (Wildman–Crippen LogP) is 4.27. The number of aryl methyl sites for hydroxylation is 1. The zero-order chi connectivity index (χ0) is 16.5. The fourth-order valence-corrected chi connectivity index (χ4v) is 2.95. The molecule has 2 heterocycles. The summed E-state index contributed by atoms with van der Waals surface area (Å²) in [5.74, 6) is 0. The van der Waals surface area contributed by atoms with Crippen LogP contribution in [0.1, 0.15) is 22.7 Å². The second-order valence-corrected chi connectivity index (χ2v) is 5.95. The van der Waals surface area contributed by atoms with Crippen molar-refractivity contribution in [1.29, 1.82) is 0 Å². The van der Waals surface area contributed by atoms with Crippen molar-refractivity contribution >= 4 is 22.8 Å². The maximum atomic E-state index is 6.55. The first-order valence-electron chi connectivity index (χ1n) is 7.93. The van der Waals surface area contributed by atoms with Crippen molar-refractivity contribution < 1.29 is 0 Å². The van der Waals surface area contributed by atoms with Crippen LogP contribution in [0.2, 0.25) is 0 Å². The van der Waals surface area contributed by atoms with E-state index in [2.05, 4.69) is 47.6 Å². The van der Waals surface area contributed by atoms with Crippen molar-refractivity contribution in [2.45, 2.75) is 13.0 Å². The highest BCUT2D eigenvalue weighted by Crippen LogP contribution is 2.36. The van der Waals surface area contributed by atoms with Gasteiger partial charge in [-0.15, -0.1) is 0 Å². The Morgan fingerprint density at radius 3 is 2.71 bits per heavy atom. The molecular formula is C20H18N4. The number of benzene rings is 2. The number of aromatic nitrogens is 1. The van der Waals surface area contributed by atoms with E-state index in [1.165, 1.54) is 5.56 Å². The fourth-order valence-electron chi connectivity index (χ4n) is 2.95. The zero-order valence-electron chi connectivity index (χ0n) is 13.4. The summed E-state index contributed by atoms with van der Waals surface area (Å²) >= 11 is 0. The highest BCUT2D eigenvalue weighted by Gasteiger charge is 2.22. The van der Waals surface area contributed by atoms with Crippen molar-refractivity contribution in [2.24, 2.45) is 10.7 Å². The predicted molar refractivity (Wildman–Crippen MR) is 98.3 cm³/mol. The van der Waals surface area contributed by atoms with E-state index in [-0.39, 0.29) is 6.04 Å². The fraction of sp³-hybridized carbons (Fsp3) is 0.100. The molecule has 4 nitrogen and oxygen atoms in total. The third-order valence-electron chi connectivity index (χ3n) is 4.20. The van der Waals surface area contributed by atoms with Gasteiger partial charge in [0.1, 0.15) is 0 Å². The van der Waals surface area contributed by atoms with Gasteiger partial charge in [0, 0.05) is 23.6 Å². The van der Waals surface area contributed by atoms with Gasteiger partial charge < -0.3 is 11.1 Å². The lowest BCUT2D eigenvalue weighted by Crippen LogP contribution is -2.22. The molecular weight excluding hydrogens is 296 g/mol. The normalized spacial score (nSPS) is 13.8. The first-order chi connectivity index (χ1) is 11.7. The van der Waals surface area contributed by atoms with E-state index < -0.39 is 0 Å². The number of hydrogen-bond donors (Lipinski definition) is 2. The Labute approximate surface area is 141 Å². The molecule has 0 bridgehead atoms. The number of rotatable bonds is 2. The molecule has 3 N–H and O–H groups in total. The van der Waals surface area contributed by atoms with E-state index in [1.54, 1.807) is 12.4 Å². The summed E-state index contributed by atoms with van der Waals surface area (Å²) in [6.45, 7) is 2.06. The molecule has 0 saturated heterocycles. The molecule has 0 radical (unpaired) electrons. The van der Waals surface area contributed by atoms with Crippen LogP contribution in [0.15, 0.2) is 72.0 Å². The number of aliphatic imine (C=N–C) groups is 1. The van der Waals surface area contributed by atoms with Gasteiger partial charge in [-0.3, -0.25) is 4.98 Å². The molecule has 1 atom stereocenters. The Morgan fingerprint density at radius 1 is 1.00 bits per heavy atom. The summed E-state index contributed by atoms with van der Waals surface area (Å²) < 4.78 is 0. The minimum Gasteiger partial charge on any atom is -0.353 e. The SMILES string of the molecule is Cc1ccc2c(c1)N=C(C(N)c1cccnc1)c1ccccc1N2. The van der Waals surface area contributed by atoms with Gasteiger partial charge in [-0.2, -0.15) is 0 Å². The molecule has 3 aromatic rings. The van der Waals surface area contributed by atoms with Gasteiger partial charge in [-0.05, 0) is 42.3 Å². The van der Waals surface area contributed by atoms with Crippen LogP contribution in [0.3, 0.4) is 0 Å². The van der Waals surface area contributed by atoms with Crippen LogP contribution in [-0.2, 0) is 0 Å². The van der Waals surface area contributed by atoms with Crippen LogP contribution in [0, 0.1) is 6.92 Å². The van der Waals surface area contributed by atoms with Crippen LogP contribution in [0.5, 0.6) is 0 Å². The third-order valence-corrected chi connectivity index (χ3v) is 4.20. The highest BCUT2D eigenvalue weighted by atomic mass is 15.0. The van der Waals surface area contributed by atoms with E-state index in [4.69, 9.17) is 10.7 Å². The number of pyridine rings is 1. The number of nitrogens with one attached hydrogen (secondary N) is 1. The van der Waals surface area contributed by atoms with Crippen LogP contribution in [0.4, 0.5) is 17.1 Å². The Morgan fingerprint density at radius 2 is 1.88 bits per heavy atom. The monoisotopic (exact) mass is 314 g/mol. The van der Waals surface area contributed by atoms with Gasteiger partial charge in [-0.1, -0.05) is 30.3 Å². The number of hydrogen-bond acceptors (Lipinski definition) is 4. The van der Waals surface area contributed by atoms with Gasteiger partial charge in [-0.25, -0.2) is 4.99 Å². The van der Waals surface area contributed by atoms with Crippen molar-refractivity contribution in [2.75, 3.05) is 5.32 Å². The van der Waals surface area contributed by atoms with Gasteiger partial charge in [0.2, 0.25) is 0 Å². The second-order valence-electron chi connectivity index (χ2n) is 5.95. The topological polar surface area (TPSA) is 63.3 Å². The first-order valence-corrected chi connectivity index (χ1v) is 7.93. The van der Waals surface area contributed by atoms with Crippen LogP contribution >= 0.6 is 0 Å². The lowest BCUT2D eigenvalue weighted by Gasteiger charge is -2.16. The van der Waals surface area contributed by atoms with Crippen LogP contribution < -0.4 is 11.1 Å². The molecule has 0 saturated carbocycles. The summed E-state index contributed by atoms with van der Waals surface area (Å²) in [4.78, 5) is 9.11. The lowest BCUT2D eigenvalue weighted by atomic mass is 9.97. The largest absolute Gasteiger partial charge is 0.353 e. The quantitative estimate of drug-likeness (QED) is 0.742. The molecule has 0 amide bonds. The third kappa shape index (κ3) is 2.57. The van der Waals surface area contributed by atoms with Crippen molar-refractivity contribution in [3.63, 3.8) is 0 Å². The van der Waals surface area contributed by atoms with Crippen LogP contribution in [0.25, 0.3) is 0 Å². The van der Waals surface area contributed by atoms with E-state index in [0.29, 0.717) is 0 Å². The maximum absolute atomic E-state index is 6.55. The number of para-hydroxylation sites is 1. The van der Waals surface area contributed by atoms with E-state index in [9.17, 15) is 0 Å². The van der Waals surface area contributed by atoms with Crippen molar-refractivity contribution in [3.05, 3.63) is 83.7 Å². The average Bonchev–Trinajstić information content (AvgIpc) is 2.78. The molecule has 0 spiro atoms. The summed E-state index contributed by atoms with van der Waals surface area (Å²) in [6, 6.07) is 17.9. The minimum absolute atomic E-state index is 0.340. The van der Waals surface area contributed by atoms with E-state index in [1.807, 2.05) is 24.3 Å². The number of nitrogens with zero attached hydrogens (tertiary/aromatic N) is 2. The molecule has 1 aromatic heterocycles. The smallest absolute Gasteiger partial charge is 0.0871 e. The Hall–Kier alpha value is -2.98. The highest BCUT2D eigenvalue weighted by molar-refractivity contribution is 6.12. The van der Waals surface area contributed by atoms with Gasteiger partial charge >= 0.3 is 0 Å². The summed E-state index contributed by atoms with van der Waals surface area (Å²) in [7, 11) is 0. The molecule has 1 aliphatic heterocycles. The summed E-state index contributed by atoms with van der Waals surface area (Å²) in [6.07, 6.45) is 3.55. The molecule has 24 heavy (non-hydrogen) atoms. The van der Waals surface area contributed by atoms with Gasteiger partial charge in [0.15, 0.2) is 0 Å². The maximum Gasteiger partial charge on any atom is 0.0871 e. The summed E-state index contributed by atoms with van der Waals surface area (Å²) in [5.41, 5.74) is 13.4. The molecule has 1 aliphatic rings. The molecule has 4 rings (SSSR count). The number of anilines is 2. The molecule has 0 aliphatic carbocycles. The standard InChI is InChI=1S/C20H18N4/c1-13-8-9-17-18(11-13)24-20(15-6-2-3-7-16(15)23-17)19(21)14-5-4-10-22-12-14/h2-12,19,23H,21H2,1H3. The number of nitrogens with two attached hydrogens (primary N) is 1. The van der Waals surface area contributed by atoms with E-state index in [0.717, 1.165) is 33.9 Å². The first kappa shape index (κ1) is 14.6. The lowest BCUT2D eigenvalue weighted by molar-refractivity contribution is 0.948. The average molecular weight is 314 g/mol. The van der Waals surface area contributed by atoms with Gasteiger partial charge in [0.25, 0.3) is 0 Å². The summed E-state index contributed by atoms with van der Waals surface area (Å²) in [5, 5.41) is 3.48. The molecule has 2 aromatic carbocycles. The van der Waals surface area contributed by atoms with Crippen molar-refractivity contribution in [3.8, 4) is 0 Å². The second kappa shape index (κ2) is 5.91. The van der Waals surface area contributed by atoms with Crippen molar-refractivity contribution in [1.82, 2.24) is 4.98 Å². The molecule has 118 valence electrons. The van der Waals surface area contributed by atoms with E-state index >= 15 is 0 Å². The van der Waals surface area contributed by atoms with Crippen LogP contribution in [-0.4, -0.2) is 10.7 Å². The Bertz CT molecular complexity index is 916. The molecule has 4 heteroatoms.